The van der Waals surface area contributed by atoms with Crippen molar-refractivity contribution in [2.24, 2.45) is 0 Å². The van der Waals surface area contributed by atoms with Gasteiger partial charge >= 0.3 is 18.9 Å². The van der Waals surface area contributed by atoms with E-state index in [0.717, 1.165) is 25.2 Å². The van der Waals surface area contributed by atoms with Crippen molar-refractivity contribution in [3.8, 4) is 0 Å². The fraction of sp³-hybridized carbons (Fsp3) is 0.455. The minimum atomic E-state index is -0.180. The molecule has 14 heavy (non-hydrogen) atoms. The van der Waals surface area contributed by atoms with Crippen LogP contribution in [-0.4, -0.2) is 18.0 Å². The van der Waals surface area contributed by atoms with Crippen molar-refractivity contribution < 1.29 is 23.3 Å². The second-order valence-electron chi connectivity index (χ2n) is 2.99. The van der Waals surface area contributed by atoms with Gasteiger partial charge in [-0.2, -0.15) is 12.1 Å². The van der Waals surface area contributed by atoms with Crippen LogP contribution in [0.2, 0.25) is 0 Å². The van der Waals surface area contributed by atoms with Gasteiger partial charge in [0.05, 0.1) is 0 Å². The Morgan fingerprint density at radius 3 is 2.50 bits per heavy atom. The van der Waals surface area contributed by atoms with E-state index in [1.807, 2.05) is 0 Å². The van der Waals surface area contributed by atoms with Crippen molar-refractivity contribution >= 4 is 0 Å². The fourth-order valence-corrected chi connectivity index (χ4v) is 1.26. The van der Waals surface area contributed by atoms with E-state index in [4.69, 9.17) is 0 Å². The molecular formula is C11H15FLiN. The number of rotatable bonds is 4. The zero-order valence-corrected chi connectivity index (χ0v) is 9.18. The van der Waals surface area contributed by atoms with E-state index in [0.29, 0.717) is 0 Å². The molecule has 0 bridgehead atoms. The molecule has 0 aliphatic rings. The van der Waals surface area contributed by atoms with Gasteiger partial charge in [-0.25, -0.2) is 4.39 Å². The van der Waals surface area contributed by atoms with Crippen LogP contribution < -0.4 is 18.9 Å². The number of halogens is 1. The van der Waals surface area contributed by atoms with Gasteiger partial charge in [0.2, 0.25) is 0 Å². The van der Waals surface area contributed by atoms with Crippen molar-refractivity contribution in [3.63, 3.8) is 0 Å². The van der Waals surface area contributed by atoms with E-state index in [1.165, 1.54) is 6.07 Å². The molecule has 3 heteroatoms. The van der Waals surface area contributed by atoms with Gasteiger partial charge in [-0.3, -0.25) is 0 Å². The summed E-state index contributed by atoms with van der Waals surface area (Å²) in [5.41, 5.74) is 0.920. The maximum Gasteiger partial charge on any atom is 1.00 e. The second-order valence-corrected chi connectivity index (χ2v) is 2.99. The first-order valence-corrected chi connectivity index (χ1v) is 4.64. The van der Waals surface area contributed by atoms with E-state index in [9.17, 15) is 4.39 Å². The van der Waals surface area contributed by atoms with Gasteiger partial charge in [0, 0.05) is 12.4 Å². The zero-order chi connectivity index (χ0) is 9.68. The molecule has 1 rings (SSSR count). The second kappa shape index (κ2) is 7.06. The summed E-state index contributed by atoms with van der Waals surface area (Å²) in [5, 5.41) is 0. The van der Waals surface area contributed by atoms with Crippen LogP contribution in [-0.2, 0) is 6.54 Å². The molecule has 0 saturated heterocycles. The Labute approximate surface area is 97.5 Å². The molecular weight excluding hydrogens is 172 g/mol. The Morgan fingerprint density at radius 1 is 1.36 bits per heavy atom. The molecule has 1 nitrogen and oxygen atoms in total. The van der Waals surface area contributed by atoms with Gasteiger partial charge in [0.25, 0.3) is 0 Å². The maximum absolute atomic E-state index is 12.8. The number of hydrogen-bond acceptors (Lipinski definition) is 1. The van der Waals surface area contributed by atoms with Crippen LogP contribution in [0, 0.1) is 11.9 Å². The molecule has 0 saturated carbocycles. The van der Waals surface area contributed by atoms with E-state index in [-0.39, 0.29) is 24.7 Å². The molecule has 0 atom stereocenters. The smallest absolute Gasteiger partial charge is 0.302 e. The number of hydrogen-bond donors (Lipinski definition) is 0. The van der Waals surface area contributed by atoms with Gasteiger partial charge in [-0.15, -0.1) is 17.7 Å². The Balaban J connectivity index is 0.00000169. The van der Waals surface area contributed by atoms with E-state index >= 15 is 0 Å². The van der Waals surface area contributed by atoms with Crippen LogP contribution in [0.4, 0.5) is 4.39 Å². The standard InChI is InChI=1S/C11H15FN.Li/c1-3-13(4-2)9-10-6-5-7-11(12)8-10;/h5,7-8H,3-4,9H2,1-2H3;/q-1;+1. The van der Waals surface area contributed by atoms with Crippen LogP contribution in [0.3, 0.4) is 0 Å². The van der Waals surface area contributed by atoms with Crippen molar-refractivity contribution in [1.82, 2.24) is 4.90 Å². The van der Waals surface area contributed by atoms with Gasteiger partial charge in [0.1, 0.15) is 0 Å². The SMILES string of the molecule is CCN(CC)Cc1[c-]ccc(F)c1.[Li+]. The monoisotopic (exact) mass is 187 g/mol. The molecule has 0 fully saturated rings. The molecule has 1 aromatic carbocycles. The van der Waals surface area contributed by atoms with Crippen LogP contribution in [0.25, 0.3) is 0 Å². The summed E-state index contributed by atoms with van der Waals surface area (Å²) in [4.78, 5) is 2.23. The van der Waals surface area contributed by atoms with E-state index in [1.54, 1.807) is 12.1 Å². The Hall–Kier alpha value is -0.293. The summed E-state index contributed by atoms with van der Waals surface area (Å²) in [6, 6.07) is 7.62. The average molecular weight is 187 g/mol. The summed E-state index contributed by atoms with van der Waals surface area (Å²) < 4.78 is 12.8. The summed E-state index contributed by atoms with van der Waals surface area (Å²) in [7, 11) is 0. The minimum Gasteiger partial charge on any atom is -0.302 e. The molecule has 1 aromatic rings. The predicted molar refractivity (Wildman–Crippen MR) is 51.9 cm³/mol. The normalized spacial score (nSPS) is 10.0. The first-order valence-electron chi connectivity index (χ1n) is 4.64. The first kappa shape index (κ1) is 13.7. The van der Waals surface area contributed by atoms with Crippen molar-refractivity contribution in [2.45, 2.75) is 20.4 Å². The van der Waals surface area contributed by atoms with E-state index in [2.05, 4.69) is 24.8 Å². The van der Waals surface area contributed by atoms with Gasteiger partial charge in [-0.05, 0) is 13.1 Å². The molecule has 0 heterocycles. The summed E-state index contributed by atoms with van der Waals surface area (Å²) >= 11 is 0. The third-order valence-electron chi connectivity index (χ3n) is 2.11. The molecule has 72 valence electrons. The Kier molecular flexibility index (Phi) is 6.91. The quantitative estimate of drug-likeness (QED) is 0.452. The Morgan fingerprint density at radius 2 is 2.00 bits per heavy atom. The Bertz CT molecular complexity index is 261. The number of nitrogens with zero attached hydrogens (tertiary/aromatic N) is 1. The molecule has 0 aliphatic heterocycles. The predicted octanol–water partition coefficient (Wildman–Crippen LogP) is -0.528. The molecule has 0 aliphatic carbocycles. The third kappa shape index (κ3) is 4.28. The molecule has 0 aromatic heterocycles. The van der Waals surface area contributed by atoms with Crippen LogP contribution >= 0.6 is 0 Å². The van der Waals surface area contributed by atoms with Gasteiger partial charge in [0.15, 0.2) is 0 Å². The zero-order valence-electron chi connectivity index (χ0n) is 9.18. The largest absolute Gasteiger partial charge is 1.00 e. The number of benzene rings is 1. The first-order chi connectivity index (χ1) is 6.26. The van der Waals surface area contributed by atoms with E-state index < -0.39 is 0 Å². The molecule has 0 spiro atoms. The molecule has 0 radical (unpaired) electrons. The van der Waals surface area contributed by atoms with Gasteiger partial charge < -0.3 is 4.90 Å². The van der Waals surface area contributed by atoms with Gasteiger partial charge in [-0.1, -0.05) is 13.8 Å². The van der Waals surface area contributed by atoms with Crippen molar-refractivity contribution in [2.75, 3.05) is 13.1 Å². The molecule has 0 N–H and O–H groups in total. The van der Waals surface area contributed by atoms with Crippen LogP contribution in [0.1, 0.15) is 19.4 Å². The molecule has 0 amide bonds. The average Bonchev–Trinajstić information content (AvgIpc) is 2.14. The van der Waals surface area contributed by atoms with Crippen LogP contribution in [0.5, 0.6) is 0 Å². The van der Waals surface area contributed by atoms with Crippen molar-refractivity contribution in [3.05, 3.63) is 35.6 Å². The maximum atomic E-state index is 12.8. The minimum absolute atomic E-state index is 0. The summed E-state index contributed by atoms with van der Waals surface area (Å²) in [6.07, 6.45) is 0. The molecule has 0 unspecified atom stereocenters. The topological polar surface area (TPSA) is 3.24 Å². The van der Waals surface area contributed by atoms with Crippen molar-refractivity contribution in [1.29, 1.82) is 0 Å². The summed E-state index contributed by atoms with van der Waals surface area (Å²) in [5.74, 6) is -0.180. The summed E-state index contributed by atoms with van der Waals surface area (Å²) in [6.45, 7) is 6.96. The fourth-order valence-electron chi connectivity index (χ4n) is 1.26. The van der Waals surface area contributed by atoms with Crippen LogP contribution in [0.15, 0.2) is 18.2 Å². The third-order valence-corrected chi connectivity index (χ3v) is 2.11.